The summed E-state index contributed by atoms with van der Waals surface area (Å²) in [6.07, 6.45) is 1.66. The summed E-state index contributed by atoms with van der Waals surface area (Å²) in [7, 11) is 0. The Labute approximate surface area is 143 Å². The van der Waals surface area contributed by atoms with Crippen LogP contribution in [0, 0.1) is 6.92 Å². The highest BCUT2D eigenvalue weighted by atomic mass is 79.9. The van der Waals surface area contributed by atoms with Crippen LogP contribution < -0.4 is 10.1 Å². The average Bonchev–Trinajstić information content (AvgIpc) is 2.49. The van der Waals surface area contributed by atoms with Crippen molar-refractivity contribution in [3.8, 4) is 5.75 Å². The molecule has 0 aliphatic carbocycles. The van der Waals surface area contributed by atoms with Crippen LogP contribution in [0.4, 0.5) is 5.69 Å². The minimum absolute atomic E-state index is 0.207. The molecule has 0 saturated carbocycles. The summed E-state index contributed by atoms with van der Waals surface area (Å²) >= 11 is 9.35. The molecule has 0 unspecified atom stereocenters. The fourth-order valence-electron chi connectivity index (χ4n) is 1.83. The van der Waals surface area contributed by atoms with Crippen LogP contribution in [-0.4, -0.2) is 12.5 Å². The van der Waals surface area contributed by atoms with Crippen LogP contribution in [0.5, 0.6) is 5.75 Å². The lowest BCUT2D eigenvalue weighted by atomic mass is 10.1. The van der Waals surface area contributed by atoms with Crippen LogP contribution in [0.1, 0.15) is 15.9 Å². The maximum atomic E-state index is 12.3. The highest BCUT2D eigenvalue weighted by molar-refractivity contribution is 9.10. The van der Waals surface area contributed by atoms with E-state index < -0.39 is 0 Å². The van der Waals surface area contributed by atoms with Gasteiger partial charge in [-0.1, -0.05) is 30.3 Å². The summed E-state index contributed by atoms with van der Waals surface area (Å²) in [5.41, 5.74) is 2.17. The number of aryl methyl sites for hydroxylation is 1. The standard InChI is InChI=1S/C17H15BrClNO2/c1-3-8-22-16-7-5-12(9-14(16)18)17(21)20-15-10-13(19)6-4-11(15)2/h3-7,9-10H,1,8H2,2H3,(H,20,21). The van der Waals surface area contributed by atoms with E-state index in [-0.39, 0.29) is 5.91 Å². The van der Waals surface area contributed by atoms with Gasteiger partial charge >= 0.3 is 0 Å². The maximum Gasteiger partial charge on any atom is 0.255 e. The van der Waals surface area contributed by atoms with Gasteiger partial charge in [-0.25, -0.2) is 0 Å². The molecule has 0 aliphatic heterocycles. The highest BCUT2D eigenvalue weighted by Crippen LogP contribution is 2.27. The number of benzene rings is 2. The van der Waals surface area contributed by atoms with E-state index in [1.54, 1.807) is 36.4 Å². The fraction of sp³-hybridized carbons (Fsp3) is 0.118. The first-order chi connectivity index (χ1) is 10.5. The van der Waals surface area contributed by atoms with Crippen LogP contribution in [0.25, 0.3) is 0 Å². The Morgan fingerprint density at radius 3 is 2.82 bits per heavy atom. The topological polar surface area (TPSA) is 38.3 Å². The number of carbonyl (C=O) groups excluding carboxylic acids is 1. The second-order valence-electron chi connectivity index (χ2n) is 4.66. The van der Waals surface area contributed by atoms with Crippen molar-refractivity contribution in [3.05, 3.63) is 69.7 Å². The van der Waals surface area contributed by atoms with E-state index in [4.69, 9.17) is 16.3 Å². The van der Waals surface area contributed by atoms with Crippen LogP contribution in [0.3, 0.4) is 0 Å². The molecule has 0 radical (unpaired) electrons. The van der Waals surface area contributed by atoms with E-state index in [2.05, 4.69) is 27.8 Å². The molecule has 22 heavy (non-hydrogen) atoms. The van der Waals surface area contributed by atoms with Gasteiger partial charge in [0.2, 0.25) is 0 Å². The Hall–Kier alpha value is -1.78. The molecule has 0 aromatic heterocycles. The molecule has 2 rings (SSSR count). The minimum Gasteiger partial charge on any atom is -0.488 e. The third kappa shape index (κ3) is 4.12. The first-order valence-corrected chi connectivity index (χ1v) is 7.79. The second-order valence-corrected chi connectivity index (χ2v) is 5.95. The smallest absolute Gasteiger partial charge is 0.255 e. The normalized spacial score (nSPS) is 10.1. The number of ether oxygens (including phenoxy) is 1. The number of nitrogens with one attached hydrogen (secondary N) is 1. The quantitative estimate of drug-likeness (QED) is 0.721. The van der Waals surface area contributed by atoms with Gasteiger partial charge in [0.25, 0.3) is 5.91 Å². The largest absolute Gasteiger partial charge is 0.488 e. The number of amides is 1. The molecule has 5 heteroatoms. The van der Waals surface area contributed by atoms with Crippen molar-refractivity contribution in [1.82, 2.24) is 0 Å². The van der Waals surface area contributed by atoms with E-state index in [1.807, 2.05) is 13.0 Å². The molecular formula is C17H15BrClNO2. The molecule has 114 valence electrons. The van der Waals surface area contributed by atoms with Gasteiger partial charge in [-0.15, -0.1) is 0 Å². The third-order valence-electron chi connectivity index (χ3n) is 3.00. The number of rotatable bonds is 5. The van der Waals surface area contributed by atoms with E-state index >= 15 is 0 Å². The van der Waals surface area contributed by atoms with E-state index in [0.717, 1.165) is 5.56 Å². The van der Waals surface area contributed by atoms with E-state index in [0.29, 0.717) is 33.1 Å². The lowest BCUT2D eigenvalue weighted by molar-refractivity contribution is 0.102. The Morgan fingerprint density at radius 1 is 1.36 bits per heavy atom. The predicted octanol–water partition coefficient (Wildman–Crippen LogP) is 5.23. The van der Waals surface area contributed by atoms with Gasteiger partial charge in [0.15, 0.2) is 0 Å². The molecule has 2 aromatic carbocycles. The Balaban J connectivity index is 2.17. The molecule has 0 bridgehead atoms. The zero-order chi connectivity index (χ0) is 16.1. The summed E-state index contributed by atoms with van der Waals surface area (Å²) in [6, 6.07) is 10.5. The molecule has 0 atom stereocenters. The number of hydrogen-bond acceptors (Lipinski definition) is 2. The second kappa shape index (κ2) is 7.47. The third-order valence-corrected chi connectivity index (χ3v) is 3.85. The molecule has 1 amide bonds. The first-order valence-electron chi connectivity index (χ1n) is 6.62. The summed E-state index contributed by atoms with van der Waals surface area (Å²) < 4.78 is 6.17. The zero-order valence-corrected chi connectivity index (χ0v) is 14.4. The molecular weight excluding hydrogens is 366 g/mol. The average molecular weight is 381 g/mol. The van der Waals surface area contributed by atoms with E-state index in [9.17, 15) is 4.79 Å². The Morgan fingerprint density at radius 2 is 2.14 bits per heavy atom. The Kier molecular flexibility index (Phi) is 5.63. The van der Waals surface area contributed by atoms with Gasteiger partial charge in [0, 0.05) is 16.3 Å². The number of anilines is 1. The Bertz CT molecular complexity index is 716. The van der Waals surface area contributed by atoms with Gasteiger partial charge in [-0.05, 0) is 58.7 Å². The lowest BCUT2D eigenvalue weighted by Crippen LogP contribution is -2.13. The lowest BCUT2D eigenvalue weighted by Gasteiger charge is -2.11. The van der Waals surface area contributed by atoms with Crippen molar-refractivity contribution in [2.24, 2.45) is 0 Å². The van der Waals surface area contributed by atoms with Gasteiger partial charge in [-0.2, -0.15) is 0 Å². The molecule has 1 N–H and O–H groups in total. The highest BCUT2D eigenvalue weighted by Gasteiger charge is 2.11. The molecule has 0 aliphatic rings. The van der Waals surface area contributed by atoms with Gasteiger partial charge in [-0.3, -0.25) is 4.79 Å². The van der Waals surface area contributed by atoms with Crippen molar-refractivity contribution in [3.63, 3.8) is 0 Å². The van der Waals surface area contributed by atoms with Crippen molar-refractivity contribution >= 4 is 39.1 Å². The molecule has 0 spiro atoms. The SMILES string of the molecule is C=CCOc1ccc(C(=O)Nc2cc(Cl)ccc2C)cc1Br. The number of carbonyl (C=O) groups is 1. The van der Waals surface area contributed by atoms with Gasteiger partial charge < -0.3 is 10.1 Å². The van der Waals surface area contributed by atoms with Crippen molar-refractivity contribution in [2.45, 2.75) is 6.92 Å². The minimum atomic E-state index is -0.207. The van der Waals surface area contributed by atoms with Crippen LogP contribution >= 0.6 is 27.5 Å². The maximum absolute atomic E-state index is 12.3. The zero-order valence-electron chi connectivity index (χ0n) is 12.0. The molecule has 3 nitrogen and oxygen atoms in total. The molecule has 0 heterocycles. The van der Waals surface area contributed by atoms with Crippen LogP contribution in [-0.2, 0) is 0 Å². The molecule has 2 aromatic rings. The van der Waals surface area contributed by atoms with Crippen LogP contribution in [0.15, 0.2) is 53.5 Å². The first kappa shape index (κ1) is 16.6. The van der Waals surface area contributed by atoms with Crippen LogP contribution in [0.2, 0.25) is 5.02 Å². The summed E-state index contributed by atoms with van der Waals surface area (Å²) in [6.45, 7) is 5.92. The van der Waals surface area contributed by atoms with Crippen molar-refractivity contribution < 1.29 is 9.53 Å². The molecule has 0 saturated heterocycles. The van der Waals surface area contributed by atoms with E-state index in [1.165, 1.54) is 0 Å². The summed E-state index contributed by atoms with van der Waals surface area (Å²) in [5.74, 6) is 0.455. The van der Waals surface area contributed by atoms with Crippen molar-refractivity contribution in [2.75, 3.05) is 11.9 Å². The summed E-state index contributed by atoms with van der Waals surface area (Å²) in [5, 5.41) is 3.43. The summed E-state index contributed by atoms with van der Waals surface area (Å²) in [4.78, 5) is 12.3. The van der Waals surface area contributed by atoms with Gasteiger partial charge in [0.05, 0.1) is 4.47 Å². The number of hydrogen-bond donors (Lipinski definition) is 1. The fourth-order valence-corrected chi connectivity index (χ4v) is 2.50. The molecule has 0 fully saturated rings. The van der Waals surface area contributed by atoms with Gasteiger partial charge in [0.1, 0.15) is 12.4 Å². The number of halogens is 2. The van der Waals surface area contributed by atoms with Crippen molar-refractivity contribution in [1.29, 1.82) is 0 Å². The predicted molar refractivity (Wildman–Crippen MR) is 94.0 cm³/mol. The monoisotopic (exact) mass is 379 g/mol.